The number of amides is 2. The van der Waals surface area contributed by atoms with Gasteiger partial charge in [-0.2, -0.15) is 0 Å². The van der Waals surface area contributed by atoms with Crippen LogP contribution in [0.3, 0.4) is 0 Å². The van der Waals surface area contributed by atoms with E-state index in [1.54, 1.807) is 24.3 Å². The van der Waals surface area contributed by atoms with E-state index in [1.807, 2.05) is 24.3 Å². The fraction of sp³-hybridized carbons (Fsp3) is 0.174. The van der Waals surface area contributed by atoms with Gasteiger partial charge < -0.3 is 20.5 Å². The first-order valence-electron chi connectivity index (χ1n) is 9.59. The second-order valence-corrected chi connectivity index (χ2v) is 7.17. The number of hydrogen-bond acceptors (Lipinski definition) is 4. The summed E-state index contributed by atoms with van der Waals surface area (Å²) >= 11 is 0. The number of carbonyl (C=O) groups excluding carboxylic acids is 2. The standard InChI is InChI=1S/C23H20N2O5/c26-21(24-17-8-9-17)13-30-20-12-15-5-2-1-4-14(15)11-19(20)22(27)25-18-7-3-6-16(10-18)23(28)29/h1-7,10-12,17H,8-9,13H2,(H,24,26)(H,25,27)(H,28,29). The molecule has 1 aliphatic rings. The monoisotopic (exact) mass is 404 g/mol. The Morgan fingerprint density at radius 1 is 0.967 bits per heavy atom. The highest BCUT2D eigenvalue weighted by Gasteiger charge is 2.24. The van der Waals surface area contributed by atoms with Gasteiger partial charge in [0.1, 0.15) is 5.75 Å². The van der Waals surface area contributed by atoms with Gasteiger partial charge in [0.15, 0.2) is 6.61 Å². The van der Waals surface area contributed by atoms with Crippen molar-refractivity contribution in [3.8, 4) is 5.75 Å². The molecule has 3 N–H and O–H groups in total. The molecule has 2 amide bonds. The molecule has 1 aliphatic carbocycles. The molecule has 0 saturated heterocycles. The Morgan fingerprint density at radius 2 is 1.70 bits per heavy atom. The van der Waals surface area contributed by atoms with Gasteiger partial charge in [0.05, 0.1) is 11.1 Å². The summed E-state index contributed by atoms with van der Waals surface area (Å²) in [5.74, 6) is -1.49. The average Bonchev–Trinajstić information content (AvgIpc) is 3.55. The number of fused-ring (bicyclic) bond motifs is 1. The van der Waals surface area contributed by atoms with Crippen molar-refractivity contribution in [1.82, 2.24) is 5.32 Å². The van der Waals surface area contributed by atoms with E-state index in [-0.39, 0.29) is 35.4 Å². The lowest BCUT2D eigenvalue weighted by molar-refractivity contribution is -0.123. The number of aromatic carboxylic acids is 1. The summed E-state index contributed by atoms with van der Waals surface area (Å²) < 4.78 is 5.69. The van der Waals surface area contributed by atoms with Crippen LogP contribution in [-0.2, 0) is 4.79 Å². The molecule has 3 aromatic rings. The first-order valence-corrected chi connectivity index (χ1v) is 9.59. The number of nitrogens with one attached hydrogen (secondary N) is 2. The molecule has 0 unspecified atom stereocenters. The predicted octanol–water partition coefficient (Wildman–Crippen LogP) is 3.45. The Labute approximate surface area is 172 Å². The Morgan fingerprint density at radius 3 is 2.40 bits per heavy atom. The van der Waals surface area contributed by atoms with Gasteiger partial charge in [-0.25, -0.2) is 4.79 Å². The summed E-state index contributed by atoms with van der Waals surface area (Å²) in [6, 6.07) is 17.1. The molecule has 3 aromatic carbocycles. The van der Waals surface area contributed by atoms with Crippen LogP contribution in [-0.4, -0.2) is 35.5 Å². The molecule has 1 saturated carbocycles. The van der Waals surface area contributed by atoms with Crippen LogP contribution in [0.25, 0.3) is 10.8 Å². The number of benzene rings is 3. The van der Waals surface area contributed by atoms with Crippen molar-refractivity contribution < 1.29 is 24.2 Å². The van der Waals surface area contributed by atoms with E-state index < -0.39 is 11.9 Å². The van der Waals surface area contributed by atoms with E-state index >= 15 is 0 Å². The summed E-state index contributed by atoms with van der Waals surface area (Å²) in [6.07, 6.45) is 1.95. The van der Waals surface area contributed by atoms with Crippen molar-refractivity contribution in [2.75, 3.05) is 11.9 Å². The van der Waals surface area contributed by atoms with Crippen molar-refractivity contribution in [2.45, 2.75) is 18.9 Å². The number of rotatable bonds is 7. The lowest BCUT2D eigenvalue weighted by Gasteiger charge is -2.14. The molecular formula is C23H20N2O5. The lowest BCUT2D eigenvalue weighted by atomic mass is 10.0. The maximum atomic E-state index is 13.0. The summed E-state index contributed by atoms with van der Waals surface area (Å²) in [6.45, 7) is -0.191. The van der Waals surface area contributed by atoms with Crippen LogP contribution in [0.2, 0.25) is 0 Å². The molecule has 0 spiro atoms. The van der Waals surface area contributed by atoms with Gasteiger partial charge >= 0.3 is 5.97 Å². The van der Waals surface area contributed by atoms with E-state index in [1.165, 1.54) is 12.1 Å². The largest absolute Gasteiger partial charge is 0.483 e. The van der Waals surface area contributed by atoms with Crippen LogP contribution in [0.15, 0.2) is 60.7 Å². The van der Waals surface area contributed by atoms with E-state index in [9.17, 15) is 14.4 Å². The molecule has 1 fully saturated rings. The van der Waals surface area contributed by atoms with Crippen LogP contribution in [0.1, 0.15) is 33.6 Å². The molecule has 0 radical (unpaired) electrons. The first kappa shape index (κ1) is 19.4. The van der Waals surface area contributed by atoms with Crippen LogP contribution < -0.4 is 15.4 Å². The van der Waals surface area contributed by atoms with Crippen LogP contribution in [0, 0.1) is 0 Å². The predicted molar refractivity (Wildman–Crippen MR) is 112 cm³/mol. The number of ether oxygens (including phenoxy) is 1. The Bertz CT molecular complexity index is 1140. The van der Waals surface area contributed by atoms with Crippen LogP contribution in [0.4, 0.5) is 5.69 Å². The second-order valence-electron chi connectivity index (χ2n) is 7.17. The van der Waals surface area contributed by atoms with Gasteiger partial charge in [-0.05, 0) is 53.9 Å². The number of carboxylic acid groups (broad SMARTS) is 1. The van der Waals surface area contributed by atoms with Gasteiger partial charge in [-0.15, -0.1) is 0 Å². The first-order chi connectivity index (χ1) is 14.5. The quantitative estimate of drug-likeness (QED) is 0.559. The van der Waals surface area contributed by atoms with Gasteiger partial charge in [-0.3, -0.25) is 9.59 Å². The average molecular weight is 404 g/mol. The third kappa shape index (κ3) is 4.57. The van der Waals surface area contributed by atoms with E-state index in [0.717, 1.165) is 23.6 Å². The molecule has 0 aliphatic heterocycles. The summed E-state index contributed by atoms with van der Waals surface area (Å²) in [5, 5.41) is 16.4. The zero-order valence-corrected chi connectivity index (χ0v) is 16.1. The topological polar surface area (TPSA) is 105 Å². The Kier molecular flexibility index (Phi) is 5.34. The zero-order chi connectivity index (χ0) is 21.1. The number of hydrogen-bond donors (Lipinski definition) is 3. The molecule has 152 valence electrons. The van der Waals surface area contributed by atoms with Crippen molar-refractivity contribution in [2.24, 2.45) is 0 Å². The van der Waals surface area contributed by atoms with Crippen molar-refractivity contribution in [3.63, 3.8) is 0 Å². The third-order valence-electron chi connectivity index (χ3n) is 4.76. The van der Waals surface area contributed by atoms with Crippen molar-refractivity contribution >= 4 is 34.2 Å². The van der Waals surface area contributed by atoms with Crippen LogP contribution in [0.5, 0.6) is 5.75 Å². The highest BCUT2D eigenvalue weighted by Crippen LogP contribution is 2.27. The highest BCUT2D eigenvalue weighted by molar-refractivity contribution is 6.09. The van der Waals surface area contributed by atoms with Gasteiger partial charge in [0.25, 0.3) is 11.8 Å². The molecule has 0 aromatic heterocycles. The maximum absolute atomic E-state index is 13.0. The molecule has 0 atom stereocenters. The van der Waals surface area contributed by atoms with Gasteiger partial charge in [-0.1, -0.05) is 30.3 Å². The normalized spacial score (nSPS) is 12.9. The van der Waals surface area contributed by atoms with Gasteiger partial charge in [0, 0.05) is 11.7 Å². The highest BCUT2D eigenvalue weighted by atomic mass is 16.5. The molecule has 7 nitrogen and oxygen atoms in total. The lowest BCUT2D eigenvalue weighted by Crippen LogP contribution is -2.30. The SMILES string of the molecule is O=C(COc1cc2ccccc2cc1C(=O)Nc1cccc(C(=O)O)c1)NC1CC1. The Hall–Kier alpha value is -3.87. The van der Waals surface area contributed by atoms with E-state index in [2.05, 4.69) is 10.6 Å². The van der Waals surface area contributed by atoms with Crippen molar-refractivity contribution in [1.29, 1.82) is 0 Å². The maximum Gasteiger partial charge on any atom is 0.335 e. The molecule has 7 heteroatoms. The van der Waals surface area contributed by atoms with E-state index in [0.29, 0.717) is 5.69 Å². The van der Waals surface area contributed by atoms with E-state index in [4.69, 9.17) is 9.84 Å². The summed E-state index contributed by atoms with van der Waals surface area (Å²) in [4.78, 5) is 36.1. The Balaban J connectivity index is 1.60. The fourth-order valence-corrected chi connectivity index (χ4v) is 3.08. The second kappa shape index (κ2) is 8.24. The van der Waals surface area contributed by atoms with Gasteiger partial charge in [0.2, 0.25) is 0 Å². The number of carbonyl (C=O) groups is 3. The molecule has 4 rings (SSSR count). The minimum absolute atomic E-state index is 0.0690. The molecule has 0 heterocycles. The molecule has 30 heavy (non-hydrogen) atoms. The number of anilines is 1. The smallest absolute Gasteiger partial charge is 0.335 e. The summed E-state index contributed by atoms with van der Waals surface area (Å²) in [5.41, 5.74) is 0.679. The van der Waals surface area contributed by atoms with Crippen molar-refractivity contribution in [3.05, 3.63) is 71.8 Å². The minimum Gasteiger partial charge on any atom is -0.483 e. The third-order valence-corrected chi connectivity index (χ3v) is 4.76. The fourth-order valence-electron chi connectivity index (χ4n) is 3.08. The van der Waals surface area contributed by atoms with Crippen LogP contribution >= 0.6 is 0 Å². The minimum atomic E-state index is -1.08. The molecule has 0 bridgehead atoms. The number of carboxylic acids is 1. The molecular weight excluding hydrogens is 384 g/mol. The zero-order valence-electron chi connectivity index (χ0n) is 16.1. The summed E-state index contributed by atoms with van der Waals surface area (Å²) in [7, 11) is 0.